The molecule has 1 saturated carbocycles. The molecule has 3 rings (SSSR count). The van der Waals surface area contributed by atoms with Crippen LogP contribution >= 0.6 is 11.6 Å². The first-order chi connectivity index (χ1) is 14.4. The molecule has 0 bridgehead atoms. The second kappa shape index (κ2) is 9.67. The van der Waals surface area contributed by atoms with Gasteiger partial charge in [0, 0.05) is 24.1 Å². The van der Waals surface area contributed by atoms with Crippen LogP contribution in [-0.2, 0) is 16.0 Å². The van der Waals surface area contributed by atoms with Gasteiger partial charge in [0.15, 0.2) is 11.6 Å². The van der Waals surface area contributed by atoms with Crippen molar-refractivity contribution in [1.82, 2.24) is 9.97 Å². The monoisotopic (exact) mass is 431 g/mol. The normalized spacial score (nSPS) is 18.5. The fourth-order valence-electron chi connectivity index (χ4n) is 3.50. The van der Waals surface area contributed by atoms with Crippen molar-refractivity contribution >= 4 is 40.7 Å². The van der Waals surface area contributed by atoms with E-state index in [1.54, 1.807) is 0 Å². The average molecular weight is 432 g/mol. The number of hydrogen-bond donors (Lipinski definition) is 3. The maximum Gasteiger partial charge on any atom is 0.224 e. The van der Waals surface area contributed by atoms with Crippen LogP contribution in [0, 0.1) is 11.7 Å². The smallest absolute Gasteiger partial charge is 0.224 e. The number of nitrogens with zero attached hydrogens (tertiary/aromatic N) is 2. The Morgan fingerprint density at radius 3 is 2.90 bits per heavy atom. The Labute approximate surface area is 178 Å². The summed E-state index contributed by atoms with van der Waals surface area (Å²) in [5, 5.41) is 6.55. The van der Waals surface area contributed by atoms with Gasteiger partial charge in [-0.15, -0.1) is 0 Å². The van der Waals surface area contributed by atoms with Gasteiger partial charge in [-0.25, -0.2) is 9.37 Å². The molecule has 1 amide bonds. The summed E-state index contributed by atoms with van der Waals surface area (Å²) >= 11 is 6.24. The van der Waals surface area contributed by atoms with Crippen molar-refractivity contribution in [3.8, 4) is 0 Å². The lowest BCUT2D eigenvalue weighted by molar-refractivity contribution is -0.122. The second-order valence-corrected chi connectivity index (χ2v) is 7.68. The first-order valence-corrected chi connectivity index (χ1v) is 10.0. The molecule has 1 aliphatic rings. The van der Waals surface area contributed by atoms with Crippen molar-refractivity contribution in [2.45, 2.75) is 38.1 Å². The molecule has 0 radical (unpaired) electrons. The van der Waals surface area contributed by atoms with E-state index in [0.29, 0.717) is 29.4 Å². The number of ketones is 1. The third-order valence-corrected chi connectivity index (χ3v) is 5.34. The molecule has 2 atom stereocenters. The molecule has 2 unspecified atom stereocenters. The number of amides is 1. The number of anilines is 3. The number of halogens is 2. The Kier molecular flexibility index (Phi) is 6.99. The largest absolute Gasteiger partial charge is 0.369 e. The third kappa shape index (κ3) is 5.54. The van der Waals surface area contributed by atoms with Crippen molar-refractivity contribution in [2.24, 2.45) is 11.7 Å². The lowest BCUT2D eigenvalue weighted by Gasteiger charge is -2.28. The Morgan fingerprint density at radius 2 is 2.17 bits per heavy atom. The molecule has 1 aromatic carbocycles. The Balaban J connectivity index is 1.78. The highest BCUT2D eigenvalue weighted by molar-refractivity contribution is 6.32. The van der Waals surface area contributed by atoms with Crippen LogP contribution in [0.2, 0.25) is 5.02 Å². The fourth-order valence-corrected chi connectivity index (χ4v) is 3.64. The van der Waals surface area contributed by atoms with Gasteiger partial charge in [-0.1, -0.05) is 24.6 Å². The standard InChI is InChI=1S/C21H23ClFN5O2/c1-2-16(29)10-13-8-14(23)6-7-18(13)27-20-17(22)11-25-21(28-20)26-15-5-3-4-12(9-15)19(24)30/h2,6-8,11-12,15H,1,3-5,9-10H2,(H2,24,30)(H2,25,26,27,28). The maximum absolute atomic E-state index is 13.7. The SMILES string of the molecule is C=CC(=O)Cc1cc(F)ccc1Nc1nc(NC2CCCC(C(N)=O)C2)ncc1Cl. The van der Waals surface area contributed by atoms with Crippen molar-refractivity contribution in [2.75, 3.05) is 10.6 Å². The van der Waals surface area contributed by atoms with Crippen LogP contribution < -0.4 is 16.4 Å². The molecule has 0 aliphatic heterocycles. The van der Waals surface area contributed by atoms with Crippen LogP contribution in [0.4, 0.5) is 21.8 Å². The van der Waals surface area contributed by atoms with Gasteiger partial charge in [0.2, 0.25) is 11.9 Å². The zero-order valence-corrected chi connectivity index (χ0v) is 17.1. The molecule has 9 heteroatoms. The highest BCUT2D eigenvalue weighted by Crippen LogP contribution is 2.29. The van der Waals surface area contributed by atoms with E-state index in [4.69, 9.17) is 17.3 Å². The van der Waals surface area contributed by atoms with Gasteiger partial charge in [-0.2, -0.15) is 4.98 Å². The Bertz CT molecular complexity index is 968. The van der Waals surface area contributed by atoms with Crippen LogP contribution in [0.15, 0.2) is 37.1 Å². The van der Waals surface area contributed by atoms with Gasteiger partial charge in [0.1, 0.15) is 10.8 Å². The van der Waals surface area contributed by atoms with E-state index in [1.807, 2.05) is 0 Å². The van der Waals surface area contributed by atoms with E-state index in [9.17, 15) is 14.0 Å². The number of primary amides is 1. The molecule has 4 N–H and O–H groups in total. The topological polar surface area (TPSA) is 110 Å². The predicted molar refractivity (Wildman–Crippen MR) is 114 cm³/mol. The second-order valence-electron chi connectivity index (χ2n) is 7.27. The number of benzene rings is 1. The van der Waals surface area contributed by atoms with Crippen molar-refractivity contribution < 1.29 is 14.0 Å². The molecule has 2 aromatic rings. The summed E-state index contributed by atoms with van der Waals surface area (Å²) in [4.78, 5) is 31.9. The van der Waals surface area contributed by atoms with Crippen LogP contribution in [-0.4, -0.2) is 27.7 Å². The molecule has 158 valence electrons. The number of hydrogen-bond acceptors (Lipinski definition) is 6. The molecule has 1 aromatic heterocycles. The van der Waals surface area contributed by atoms with E-state index in [0.717, 1.165) is 19.3 Å². The van der Waals surface area contributed by atoms with E-state index in [1.165, 1.54) is 30.5 Å². The van der Waals surface area contributed by atoms with Gasteiger partial charge in [0.05, 0.1) is 6.20 Å². The van der Waals surface area contributed by atoms with E-state index in [2.05, 4.69) is 27.2 Å². The Morgan fingerprint density at radius 1 is 1.37 bits per heavy atom. The summed E-state index contributed by atoms with van der Waals surface area (Å²) in [7, 11) is 0. The number of allylic oxidation sites excluding steroid dienone is 1. The summed E-state index contributed by atoms with van der Waals surface area (Å²) in [5.41, 5.74) is 6.40. The summed E-state index contributed by atoms with van der Waals surface area (Å²) in [6.07, 6.45) is 5.82. The van der Waals surface area contributed by atoms with Gasteiger partial charge >= 0.3 is 0 Å². The van der Waals surface area contributed by atoms with Crippen LogP contribution in [0.1, 0.15) is 31.2 Å². The molecule has 1 heterocycles. The number of rotatable bonds is 8. The molecular formula is C21H23ClFN5O2. The predicted octanol–water partition coefficient (Wildman–Crippen LogP) is 3.77. The van der Waals surface area contributed by atoms with Gasteiger partial charge in [-0.05, 0) is 49.1 Å². The fraction of sp³-hybridized carbons (Fsp3) is 0.333. The number of aromatic nitrogens is 2. The molecule has 0 saturated heterocycles. The van der Waals surface area contributed by atoms with Crippen LogP contribution in [0.3, 0.4) is 0 Å². The van der Waals surface area contributed by atoms with E-state index in [-0.39, 0.29) is 35.1 Å². The van der Waals surface area contributed by atoms with Crippen LogP contribution in [0.25, 0.3) is 0 Å². The highest BCUT2D eigenvalue weighted by atomic mass is 35.5. The molecule has 7 nitrogen and oxygen atoms in total. The minimum Gasteiger partial charge on any atom is -0.369 e. The highest BCUT2D eigenvalue weighted by Gasteiger charge is 2.26. The average Bonchev–Trinajstić information content (AvgIpc) is 2.72. The lowest BCUT2D eigenvalue weighted by Crippen LogP contribution is -2.34. The van der Waals surface area contributed by atoms with E-state index >= 15 is 0 Å². The first kappa shape index (κ1) is 21.7. The minimum absolute atomic E-state index is 0.00597. The summed E-state index contributed by atoms with van der Waals surface area (Å²) < 4.78 is 13.7. The molecule has 0 spiro atoms. The van der Waals surface area contributed by atoms with Crippen molar-refractivity contribution in [1.29, 1.82) is 0 Å². The third-order valence-electron chi connectivity index (χ3n) is 5.07. The summed E-state index contributed by atoms with van der Waals surface area (Å²) in [5.74, 6) is -0.478. The van der Waals surface area contributed by atoms with Gasteiger partial charge in [-0.3, -0.25) is 9.59 Å². The van der Waals surface area contributed by atoms with Gasteiger partial charge < -0.3 is 16.4 Å². The number of nitrogens with two attached hydrogens (primary N) is 1. The molecule has 1 aliphatic carbocycles. The molecule has 30 heavy (non-hydrogen) atoms. The minimum atomic E-state index is -0.454. The number of carbonyl (C=O) groups is 2. The first-order valence-electron chi connectivity index (χ1n) is 9.64. The van der Waals surface area contributed by atoms with Crippen molar-refractivity contribution in [3.05, 3.63) is 53.5 Å². The maximum atomic E-state index is 13.7. The van der Waals surface area contributed by atoms with E-state index < -0.39 is 5.82 Å². The zero-order valence-electron chi connectivity index (χ0n) is 16.3. The summed E-state index contributed by atoms with van der Waals surface area (Å²) in [6, 6.07) is 4.11. The zero-order chi connectivity index (χ0) is 21.7. The quantitative estimate of drug-likeness (QED) is 0.549. The Hall–Kier alpha value is -3.00. The van der Waals surface area contributed by atoms with Gasteiger partial charge in [0.25, 0.3) is 0 Å². The number of carbonyl (C=O) groups excluding carboxylic acids is 2. The van der Waals surface area contributed by atoms with Crippen LogP contribution in [0.5, 0.6) is 0 Å². The number of nitrogens with one attached hydrogen (secondary N) is 2. The van der Waals surface area contributed by atoms with Crippen molar-refractivity contribution in [3.63, 3.8) is 0 Å². The lowest BCUT2D eigenvalue weighted by atomic mass is 9.85. The molecule has 1 fully saturated rings. The molecular weight excluding hydrogens is 409 g/mol. The summed E-state index contributed by atoms with van der Waals surface area (Å²) in [6.45, 7) is 3.45.